The molecule has 80 valence electrons. The molecule has 0 saturated carbocycles. The first-order valence-corrected chi connectivity index (χ1v) is 4.92. The fourth-order valence-electron chi connectivity index (χ4n) is 1.80. The van der Waals surface area contributed by atoms with Gasteiger partial charge in [-0.25, -0.2) is 4.39 Å². The van der Waals surface area contributed by atoms with E-state index in [0.717, 1.165) is 12.6 Å². The highest BCUT2D eigenvalue weighted by atomic mass is 19.1. The first kappa shape index (κ1) is 10.2. The Bertz CT molecular complexity index is 386. The predicted octanol–water partition coefficient (Wildman–Crippen LogP) is 1.97. The molecule has 0 spiro atoms. The van der Waals surface area contributed by atoms with Crippen molar-refractivity contribution in [3.63, 3.8) is 0 Å². The van der Waals surface area contributed by atoms with Crippen molar-refractivity contribution in [2.45, 2.75) is 25.4 Å². The Labute approximate surface area is 87.3 Å². The minimum Gasteiger partial charge on any atom is -0.367 e. The fourth-order valence-corrected chi connectivity index (χ4v) is 1.80. The van der Waals surface area contributed by atoms with Crippen LogP contribution < -0.4 is 0 Å². The monoisotopic (exact) mass is 209 g/mol. The van der Waals surface area contributed by atoms with Crippen LogP contribution in [0.25, 0.3) is 0 Å². The number of nitrogens with zero attached hydrogens (tertiary/aromatic N) is 1. The number of carbonyl (C=O) groups is 1. The third kappa shape index (κ3) is 1.77. The van der Waals surface area contributed by atoms with Crippen LogP contribution in [0.2, 0.25) is 0 Å². The SMILES string of the molecule is CC1(C(=O)c2ccncc2F)CCCO1. The summed E-state index contributed by atoms with van der Waals surface area (Å²) in [6, 6.07) is 1.39. The lowest BCUT2D eigenvalue weighted by Gasteiger charge is -2.21. The largest absolute Gasteiger partial charge is 0.367 e. The average Bonchev–Trinajstić information content (AvgIpc) is 2.66. The lowest BCUT2D eigenvalue weighted by atomic mass is 9.92. The maximum absolute atomic E-state index is 13.3. The molecular formula is C11H12FNO2. The smallest absolute Gasteiger partial charge is 0.197 e. The standard InChI is InChI=1S/C11H12FNO2/c1-11(4-2-6-15-11)10(14)8-3-5-13-7-9(8)12/h3,5,7H,2,4,6H2,1H3. The minimum absolute atomic E-state index is 0.0643. The van der Waals surface area contributed by atoms with Crippen molar-refractivity contribution in [2.24, 2.45) is 0 Å². The van der Waals surface area contributed by atoms with Crippen molar-refractivity contribution in [3.05, 3.63) is 29.8 Å². The summed E-state index contributed by atoms with van der Waals surface area (Å²) in [7, 11) is 0. The van der Waals surface area contributed by atoms with E-state index < -0.39 is 11.4 Å². The van der Waals surface area contributed by atoms with Gasteiger partial charge in [-0.15, -0.1) is 0 Å². The van der Waals surface area contributed by atoms with Gasteiger partial charge in [0.2, 0.25) is 0 Å². The Hall–Kier alpha value is -1.29. The van der Waals surface area contributed by atoms with E-state index in [1.807, 2.05) is 0 Å². The van der Waals surface area contributed by atoms with Crippen molar-refractivity contribution in [1.29, 1.82) is 0 Å². The molecule has 2 rings (SSSR count). The molecule has 1 atom stereocenters. The summed E-state index contributed by atoms with van der Waals surface area (Å²) < 4.78 is 18.7. The highest BCUT2D eigenvalue weighted by Crippen LogP contribution is 2.29. The molecule has 1 aromatic heterocycles. The van der Waals surface area contributed by atoms with E-state index in [1.54, 1.807) is 6.92 Å². The predicted molar refractivity (Wildman–Crippen MR) is 52.1 cm³/mol. The lowest BCUT2D eigenvalue weighted by molar-refractivity contribution is 0.0210. The van der Waals surface area contributed by atoms with Crippen LogP contribution in [-0.2, 0) is 4.74 Å². The van der Waals surface area contributed by atoms with Gasteiger partial charge in [0.15, 0.2) is 11.6 Å². The number of carbonyl (C=O) groups excluding carboxylic acids is 1. The maximum Gasteiger partial charge on any atom is 0.197 e. The molecule has 1 saturated heterocycles. The third-order valence-electron chi connectivity index (χ3n) is 2.72. The van der Waals surface area contributed by atoms with E-state index in [9.17, 15) is 9.18 Å². The molecule has 0 radical (unpaired) electrons. The quantitative estimate of drug-likeness (QED) is 0.699. The highest BCUT2D eigenvalue weighted by Gasteiger charge is 2.39. The third-order valence-corrected chi connectivity index (χ3v) is 2.72. The molecule has 15 heavy (non-hydrogen) atoms. The zero-order valence-corrected chi connectivity index (χ0v) is 8.50. The Morgan fingerprint density at radius 1 is 1.67 bits per heavy atom. The Morgan fingerprint density at radius 2 is 2.47 bits per heavy atom. The molecule has 1 fully saturated rings. The van der Waals surface area contributed by atoms with Gasteiger partial charge in [-0.2, -0.15) is 0 Å². The molecule has 1 aliphatic rings. The van der Waals surface area contributed by atoms with Crippen molar-refractivity contribution in [1.82, 2.24) is 4.98 Å². The lowest BCUT2D eigenvalue weighted by Crippen LogP contribution is -2.34. The molecule has 0 aliphatic carbocycles. The number of rotatable bonds is 2. The Morgan fingerprint density at radius 3 is 3.07 bits per heavy atom. The zero-order chi connectivity index (χ0) is 10.9. The number of aromatic nitrogens is 1. The van der Waals surface area contributed by atoms with Crippen LogP contribution >= 0.6 is 0 Å². The average molecular weight is 209 g/mol. The fraction of sp³-hybridized carbons (Fsp3) is 0.455. The normalized spacial score (nSPS) is 25.5. The molecule has 0 N–H and O–H groups in total. The van der Waals surface area contributed by atoms with E-state index in [0.29, 0.717) is 13.0 Å². The van der Waals surface area contributed by atoms with Gasteiger partial charge in [0.1, 0.15) is 5.60 Å². The molecule has 3 nitrogen and oxygen atoms in total. The summed E-state index contributed by atoms with van der Waals surface area (Å²) in [5.74, 6) is -0.876. The molecule has 2 heterocycles. The van der Waals surface area contributed by atoms with Gasteiger partial charge in [0.05, 0.1) is 11.8 Å². The van der Waals surface area contributed by atoms with Crippen molar-refractivity contribution < 1.29 is 13.9 Å². The van der Waals surface area contributed by atoms with Gasteiger partial charge >= 0.3 is 0 Å². The summed E-state index contributed by atoms with van der Waals surface area (Å²) in [6.07, 6.45) is 3.95. The van der Waals surface area contributed by atoms with Crippen LogP contribution in [0.4, 0.5) is 4.39 Å². The summed E-state index contributed by atoms with van der Waals surface area (Å²) in [4.78, 5) is 15.6. The summed E-state index contributed by atoms with van der Waals surface area (Å²) in [6.45, 7) is 2.27. The van der Waals surface area contributed by atoms with E-state index in [2.05, 4.69) is 4.98 Å². The molecule has 1 aliphatic heterocycles. The Kier molecular flexibility index (Phi) is 2.52. The molecular weight excluding hydrogens is 197 g/mol. The Balaban J connectivity index is 2.32. The van der Waals surface area contributed by atoms with Gasteiger partial charge in [-0.3, -0.25) is 9.78 Å². The maximum atomic E-state index is 13.3. The summed E-state index contributed by atoms with van der Waals surface area (Å²) in [5.41, 5.74) is -0.795. The summed E-state index contributed by atoms with van der Waals surface area (Å²) in [5, 5.41) is 0. The molecule has 1 unspecified atom stereocenters. The van der Waals surface area contributed by atoms with Gasteiger partial charge in [0, 0.05) is 12.8 Å². The van der Waals surface area contributed by atoms with Gasteiger partial charge in [-0.1, -0.05) is 0 Å². The highest BCUT2D eigenvalue weighted by molar-refractivity contribution is 6.02. The molecule has 1 aromatic rings. The number of ketones is 1. The number of hydrogen-bond acceptors (Lipinski definition) is 3. The number of pyridine rings is 1. The van der Waals surface area contributed by atoms with E-state index in [4.69, 9.17) is 4.74 Å². The van der Waals surface area contributed by atoms with Crippen molar-refractivity contribution in [2.75, 3.05) is 6.61 Å². The summed E-state index contributed by atoms with van der Waals surface area (Å²) >= 11 is 0. The van der Waals surface area contributed by atoms with Crippen LogP contribution in [0.1, 0.15) is 30.1 Å². The van der Waals surface area contributed by atoms with Crippen LogP contribution in [0.3, 0.4) is 0 Å². The van der Waals surface area contributed by atoms with Crippen LogP contribution in [-0.4, -0.2) is 23.0 Å². The van der Waals surface area contributed by atoms with Crippen molar-refractivity contribution >= 4 is 5.78 Å². The van der Waals surface area contributed by atoms with Gasteiger partial charge in [0.25, 0.3) is 0 Å². The number of hydrogen-bond donors (Lipinski definition) is 0. The van der Waals surface area contributed by atoms with Crippen molar-refractivity contribution in [3.8, 4) is 0 Å². The second kappa shape index (κ2) is 3.70. The minimum atomic E-state index is -0.859. The number of Topliss-reactive ketones (excluding diaryl/α,β-unsaturated/α-hetero) is 1. The van der Waals surface area contributed by atoms with Crippen LogP contribution in [0, 0.1) is 5.82 Å². The number of ether oxygens (including phenoxy) is 1. The zero-order valence-electron chi connectivity index (χ0n) is 8.50. The molecule has 0 aromatic carbocycles. The van der Waals surface area contributed by atoms with Gasteiger partial charge < -0.3 is 4.74 Å². The number of halogens is 1. The van der Waals surface area contributed by atoms with Crippen LogP contribution in [0.15, 0.2) is 18.5 Å². The molecule has 4 heteroatoms. The first-order chi connectivity index (χ1) is 7.13. The van der Waals surface area contributed by atoms with E-state index >= 15 is 0 Å². The molecule has 0 bridgehead atoms. The van der Waals surface area contributed by atoms with Gasteiger partial charge in [-0.05, 0) is 25.8 Å². The topological polar surface area (TPSA) is 39.2 Å². The first-order valence-electron chi connectivity index (χ1n) is 4.92. The second-order valence-electron chi connectivity index (χ2n) is 3.87. The van der Waals surface area contributed by atoms with E-state index in [1.165, 1.54) is 12.3 Å². The van der Waals surface area contributed by atoms with Crippen LogP contribution in [0.5, 0.6) is 0 Å². The second-order valence-corrected chi connectivity index (χ2v) is 3.87. The van der Waals surface area contributed by atoms with E-state index in [-0.39, 0.29) is 11.3 Å². The molecule has 0 amide bonds.